The monoisotopic (exact) mass is 292 g/mol. The van der Waals surface area contributed by atoms with Crippen LogP contribution in [0.5, 0.6) is 0 Å². The second-order valence-electron chi connectivity index (χ2n) is 5.72. The number of hydrogen-bond acceptors (Lipinski definition) is 3. The first-order valence-electron chi connectivity index (χ1n) is 7.42. The fourth-order valence-electron chi connectivity index (χ4n) is 1.94. The van der Waals surface area contributed by atoms with Gasteiger partial charge in [-0.15, -0.1) is 0 Å². The van der Waals surface area contributed by atoms with Gasteiger partial charge in [0.15, 0.2) is 0 Å². The first-order valence-corrected chi connectivity index (χ1v) is 7.42. The van der Waals surface area contributed by atoms with Gasteiger partial charge < -0.3 is 20.9 Å². The highest BCUT2D eigenvalue weighted by Gasteiger charge is 2.08. The number of urea groups is 1. The van der Waals surface area contributed by atoms with E-state index in [0.29, 0.717) is 6.04 Å². The van der Waals surface area contributed by atoms with Crippen molar-refractivity contribution in [1.82, 2.24) is 15.5 Å². The average Bonchev–Trinajstić information content (AvgIpc) is 2.45. The normalized spacial score (nSPS) is 13.8. The van der Waals surface area contributed by atoms with Gasteiger partial charge in [-0.1, -0.05) is 12.1 Å². The minimum Gasteiger partial charge on any atom is -0.335 e. The van der Waals surface area contributed by atoms with E-state index in [0.717, 1.165) is 18.7 Å². The number of amides is 2. The number of rotatable bonds is 7. The van der Waals surface area contributed by atoms with Crippen molar-refractivity contribution < 1.29 is 4.79 Å². The molecule has 0 aliphatic carbocycles. The van der Waals surface area contributed by atoms with Crippen LogP contribution in [0.4, 0.5) is 10.5 Å². The van der Waals surface area contributed by atoms with Crippen LogP contribution in [0, 0.1) is 0 Å². The number of nitrogens with zero attached hydrogens (tertiary/aromatic N) is 1. The molecule has 3 N–H and O–H groups in total. The van der Waals surface area contributed by atoms with Crippen LogP contribution >= 0.6 is 0 Å². The summed E-state index contributed by atoms with van der Waals surface area (Å²) < 4.78 is 0. The molecule has 2 unspecified atom stereocenters. The number of carbonyl (C=O) groups excluding carboxylic acids is 1. The Morgan fingerprint density at radius 2 is 1.81 bits per heavy atom. The lowest BCUT2D eigenvalue weighted by molar-refractivity contribution is 0.247. The summed E-state index contributed by atoms with van der Waals surface area (Å²) in [5, 5.41) is 8.99. The molecule has 0 saturated heterocycles. The van der Waals surface area contributed by atoms with Crippen molar-refractivity contribution in [2.24, 2.45) is 0 Å². The van der Waals surface area contributed by atoms with E-state index >= 15 is 0 Å². The summed E-state index contributed by atoms with van der Waals surface area (Å²) in [5.41, 5.74) is 2.00. The van der Waals surface area contributed by atoms with Gasteiger partial charge in [-0.2, -0.15) is 0 Å². The molecule has 0 aliphatic heterocycles. The van der Waals surface area contributed by atoms with Crippen molar-refractivity contribution in [2.75, 3.05) is 33.0 Å². The molecule has 0 aliphatic rings. The molecule has 1 rings (SSSR count). The highest BCUT2D eigenvalue weighted by atomic mass is 16.2. The molecule has 5 heteroatoms. The van der Waals surface area contributed by atoms with Gasteiger partial charge in [0, 0.05) is 17.8 Å². The molecule has 118 valence electrons. The van der Waals surface area contributed by atoms with E-state index in [2.05, 4.69) is 27.8 Å². The van der Waals surface area contributed by atoms with Crippen molar-refractivity contribution in [3.05, 3.63) is 29.8 Å². The van der Waals surface area contributed by atoms with Crippen LogP contribution in [0.3, 0.4) is 0 Å². The summed E-state index contributed by atoms with van der Waals surface area (Å²) in [6.45, 7) is 5.07. The lowest BCUT2D eigenvalue weighted by atomic mass is 10.1. The standard InChI is InChI=1S/C16H28N4O/c1-12(10-11-20(4)5)18-16(21)19-15-8-6-14(7-9-15)13(2)17-3/h6-9,12-13,17H,10-11H2,1-5H3,(H2,18,19,21). The first kappa shape index (κ1) is 17.5. The molecule has 0 radical (unpaired) electrons. The van der Waals surface area contributed by atoms with Crippen LogP contribution in [0.2, 0.25) is 0 Å². The smallest absolute Gasteiger partial charge is 0.319 e. The number of carbonyl (C=O) groups is 1. The summed E-state index contributed by atoms with van der Waals surface area (Å²) in [6, 6.07) is 8.18. The predicted molar refractivity (Wildman–Crippen MR) is 88.7 cm³/mol. The van der Waals surface area contributed by atoms with Crippen LogP contribution in [0.15, 0.2) is 24.3 Å². The van der Waals surface area contributed by atoms with E-state index in [9.17, 15) is 4.79 Å². The van der Waals surface area contributed by atoms with Crippen LogP contribution in [-0.4, -0.2) is 44.7 Å². The van der Waals surface area contributed by atoms with E-state index < -0.39 is 0 Å². The van der Waals surface area contributed by atoms with Gasteiger partial charge in [-0.3, -0.25) is 0 Å². The molecule has 2 atom stereocenters. The summed E-state index contributed by atoms with van der Waals surface area (Å²) in [7, 11) is 5.99. The predicted octanol–water partition coefficient (Wildman–Crippen LogP) is 2.43. The molecule has 21 heavy (non-hydrogen) atoms. The summed E-state index contributed by atoms with van der Waals surface area (Å²) in [4.78, 5) is 14.0. The molecule has 0 aromatic heterocycles. The number of benzene rings is 1. The highest BCUT2D eigenvalue weighted by molar-refractivity contribution is 5.89. The Morgan fingerprint density at radius 3 is 2.33 bits per heavy atom. The van der Waals surface area contributed by atoms with Gasteiger partial charge in [0.2, 0.25) is 0 Å². The van der Waals surface area contributed by atoms with Crippen LogP contribution in [0.25, 0.3) is 0 Å². The number of nitrogens with one attached hydrogen (secondary N) is 3. The molecule has 2 amide bonds. The van der Waals surface area contributed by atoms with Gasteiger partial charge >= 0.3 is 6.03 Å². The van der Waals surface area contributed by atoms with Crippen molar-refractivity contribution in [3.8, 4) is 0 Å². The lowest BCUT2D eigenvalue weighted by Crippen LogP contribution is -2.37. The quantitative estimate of drug-likeness (QED) is 0.723. The second kappa shape index (κ2) is 8.64. The van der Waals surface area contributed by atoms with Crippen molar-refractivity contribution in [2.45, 2.75) is 32.4 Å². The van der Waals surface area contributed by atoms with Crippen LogP contribution < -0.4 is 16.0 Å². The molecular weight excluding hydrogens is 264 g/mol. The largest absolute Gasteiger partial charge is 0.335 e. The Labute approximate surface area is 128 Å². The molecule has 1 aromatic rings. The van der Waals surface area contributed by atoms with E-state index in [1.165, 1.54) is 5.56 Å². The third kappa shape index (κ3) is 6.60. The Bertz CT molecular complexity index is 430. The summed E-state index contributed by atoms with van der Waals surface area (Å²) in [6.07, 6.45) is 0.930. The topological polar surface area (TPSA) is 56.4 Å². The molecule has 0 saturated carbocycles. The van der Waals surface area contributed by atoms with E-state index in [-0.39, 0.29) is 12.1 Å². The minimum atomic E-state index is -0.157. The minimum absolute atomic E-state index is 0.149. The molecule has 0 fully saturated rings. The van der Waals surface area contributed by atoms with Gasteiger partial charge in [-0.25, -0.2) is 4.79 Å². The van der Waals surface area contributed by atoms with Crippen LogP contribution in [-0.2, 0) is 0 Å². The molecule has 0 heterocycles. The third-order valence-electron chi connectivity index (χ3n) is 3.49. The Hall–Kier alpha value is -1.59. The molecule has 0 bridgehead atoms. The number of anilines is 1. The van der Waals surface area contributed by atoms with Crippen molar-refractivity contribution in [1.29, 1.82) is 0 Å². The van der Waals surface area contributed by atoms with Gasteiger partial charge in [0.05, 0.1) is 0 Å². The zero-order valence-electron chi connectivity index (χ0n) is 13.7. The van der Waals surface area contributed by atoms with E-state index in [1.54, 1.807) is 0 Å². The molecular formula is C16H28N4O. The Balaban J connectivity index is 2.44. The fraction of sp³-hybridized carbons (Fsp3) is 0.562. The van der Waals surface area contributed by atoms with Gasteiger partial charge in [-0.05, 0) is 65.7 Å². The van der Waals surface area contributed by atoms with Crippen molar-refractivity contribution >= 4 is 11.7 Å². The Kier molecular flexibility index (Phi) is 7.19. The second-order valence-corrected chi connectivity index (χ2v) is 5.72. The first-order chi connectivity index (χ1) is 9.92. The fourth-order valence-corrected chi connectivity index (χ4v) is 1.94. The maximum atomic E-state index is 11.9. The lowest BCUT2D eigenvalue weighted by Gasteiger charge is -2.17. The maximum absolute atomic E-state index is 11.9. The SMILES string of the molecule is CNC(C)c1ccc(NC(=O)NC(C)CCN(C)C)cc1. The summed E-state index contributed by atoms with van der Waals surface area (Å²) in [5.74, 6) is 0. The van der Waals surface area contributed by atoms with Crippen LogP contribution in [0.1, 0.15) is 31.9 Å². The van der Waals surface area contributed by atoms with Gasteiger partial charge in [0.25, 0.3) is 0 Å². The maximum Gasteiger partial charge on any atom is 0.319 e. The molecule has 1 aromatic carbocycles. The average molecular weight is 292 g/mol. The zero-order valence-corrected chi connectivity index (χ0v) is 13.7. The number of hydrogen-bond donors (Lipinski definition) is 3. The summed E-state index contributed by atoms with van der Waals surface area (Å²) >= 11 is 0. The third-order valence-corrected chi connectivity index (χ3v) is 3.49. The van der Waals surface area contributed by atoms with E-state index in [4.69, 9.17) is 0 Å². The Morgan fingerprint density at radius 1 is 1.19 bits per heavy atom. The van der Waals surface area contributed by atoms with Crippen molar-refractivity contribution in [3.63, 3.8) is 0 Å². The van der Waals surface area contributed by atoms with Gasteiger partial charge in [0.1, 0.15) is 0 Å². The molecule has 5 nitrogen and oxygen atoms in total. The highest BCUT2D eigenvalue weighted by Crippen LogP contribution is 2.15. The molecule has 0 spiro atoms. The zero-order chi connectivity index (χ0) is 15.8. The van der Waals surface area contributed by atoms with E-state index in [1.807, 2.05) is 52.3 Å².